The Kier molecular flexibility index (Phi) is 3.18. The highest BCUT2D eigenvalue weighted by molar-refractivity contribution is 7.14. The van der Waals surface area contributed by atoms with Crippen LogP contribution in [0.3, 0.4) is 0 Å². The molecule has 3 N–H and O–H groups in total. The molecule has 1 aromatic heterocycles. The number of hydrogen-bond donors (Lipinski definition) is 2. The summed E-state index contributed by atoms with van der Waals surface area (Å²) in [5.74, 6) is -0.928. The van der Waals surface area contributed by atoms with E-state index in [1.54, 1.807) is 0 Å². The van der Waals surface area contributed by atoms with Crippen molar-refractivity contribution in [1.29, 1.82) is 0 Å². The Balaban J connectivity index is 0.000000810. The van der Waals surface area contributed by atoms with Gasteiger partial charge in [0.25, 0.3) is 0 Å². The van der Waals surface area contributed by atoms with Crippen LogP contribution in [0.5, 0.6) is 0 Å². The van der Waals surface area contributed by atoms with Crippen molar-refractivity contribution in [2.75, 3.05) is 5.73 Å². The molecule has 0 saturated heterocycles. The van der Waals surface area contributed by atoms with E-state index in [0.29, 0.717) is 5.00 Å². The highest BCUT2D eigenvalue weighted by Crippen LogP contribution is 2.15. The third-order valence-corrected chi connectivity index (χ3v) is 1.63. The zero-order valence-electron chi connectivity index (χ0n) is 4.90. The number of anilines is 1. The second-order valence-corrected chi connectivity index (χ2v) is 2.49. The zero-order valence-corrected chi connectivity index (χ0v) is 6.54. The molecule has 0 bridgehead atoms. The average molecular weight is 180 g/mol. The minimum atomic E-state index is -0.928. The molecule has 10 heavy (non-hydrogen) atoms. The molecule has 0 radical (unpaired) electrons. The van der Waals surface area contributed by atoms with E-state index in [9.17, 15) is 4.79 Å². The number of nitrogen functional groups attached to an aromatic ring is 1. The van der Waals surface area contributed by atoms with Gasteiger partial charge in [0.05, 0.1) is 10.6 Å². The van der Waals surface area contributed by atoms with E-state index in [1.165, 1.54) is 22.8 Å². The molecule has 0 unspecified atom stereocenters. The van der Waals surface area contributed by atoms with Crippen LogP contribution < -0.4 is 5.73 Å². The monoisotopic (exact) mass is 179 g/mol. The van der Waals surface area contributed by atoms with Crippen LogP contribution in [-0.2, 0) is 0 Å². The third kappa shape index (κ3) is 1.89. The molecule has 3 nitrogen and oxygen atoms in total. The van der Waals surface area contributed by atoms with Crippen molar-refractivity contribution in [3.63, 3.8) is 0 Å². The lowest BCUT2D eigenvalue weighted by molar-refractivity contribution is 0.0697. The number of halogens is 1. The lowest BCUT2D eigenvalue weighted by atomic mass is 10.3. The topological polar surface area (TPSA) is 63.3 Å². The first-order valence-electron chi connectivity index (χ1n) is 2.27. The molecule has 0 atom stereocenters. The number of hydrogen-bond acceptors (Lipinski definition) is 3. The summed E-state index contributed by atoms with van der Waals surface area (Å²) in [6, 6.07) is 1.44. The van der Waals surface area contributed by atoms with Crippen molar-refractivity contribution in [2.45, 2.75) is 0 Å². The minimum Gasteiger partial charge on any atom is -0.478 e. The maximum atomic E-state index is 10.2. The largest absolute Gasteiger partial charge is 0.478 e. The molecule has 0 aliphatic rings. The molecule has 0 saturated carbocycles. The van der Waals surface area contributed by atoms with Gasteiger partial charge in [0, 0.05) is 5.38 Å². The van der Waals surface area contributed by atoms with E-state index in [1.807, 2.05) is 0 Å². The van der Waals surface area contributed by atoms with Crippen LogP contribution in [0.1, 0.15) is 10.4 Å². The van der Waals surface area contributed by atoms with Gasteiger partial charge in [0.1, 0.15) is 0 Å². The van der Waals surface area contributed by atoms with Crippen molar-refractivity contribution in [3.05, 3.63) is 17.0 Å². The highest BCUT2D eigenvalue weighted by Gasteiger charge is 2.02. The van der Waals surface area contributed by atoms with Crippen molar-refractivity contribution in [2.24, 2.45) is 0 Å². The number of carboxylic acids is 1. The molecule has 1 rings (SSSR count). The molecule has 0 amide bonds. The summed E-state index contributed by atoms with van der Waals surface area (Å²) >= 11 is 1.23. The number of nitrogens with two attached hydrogens (primary N) is 1. The van der Waals surface area contributed by atoms with Gasteiger partial charge in [0.2, 0.25) is 0 Å². The third-order valence-electron chi connectivity index (χ3n) is 0.867. The van der Waals surface area contributed by atoms with Gasteiger partial charge in [-0.3, -0.25) is 0 Å². The average Bonchev–Trinajstić information content (AvgIpc) is 2.14. The van der Waals surface area contributed by atoms with Gasteiger partial charge >= 0.3 is 5.97 Å². The standard InChI is InChI=1S/C5H5NO2S.ClH/c6-4-1-3(2-9-4)5(7)8;/h1-2H,6H2,(H,7,8);1H. The molecule has 5 heteroatoms. The Morgan fingerprint density at radius 3 is 2.50 bits per heavy atom. The summed E-state index contributed by atoms with van der Waals surface area (Å²) in [4.78, 5) is 10.2. The normalized spacial score (nSPS) is 8.40. The van der Waals surface area contributed by atoms with Gasteiger partial charge in [-0.25, -0.2) is 4.79 Å². The van der Waals surface area contributed by atoms with Crippen LogP contribution >= 0.6 is 23.7 Å². The van der Waals surface area contributed by atoms with Crippen LogP contribution in [0.4, 0.5) is 5.00 Å². The van der Waals surface area contributed by atoms with Gasteiger partial charge in [0.15, 0.2) is 0 Å². The summed E-state index contributed by atoms with van der Waals surface area (Å²) in [6.45, 7) is 0. The van der Waals surface area contributed by atoms with Crippen LogP contribution in [0.2, 0.25) is 0 Å². The lowest BCUT2D eigenvalue weighted by Crippen LogP contribution is -1.91. The van der Waals surface area contributed by atoms with Crippen LogP contribution in [0, 0.1) is 0 Å². The van der Waals surface area contributed by atoms with Gasteiger partial charge in [-0.1, -0.05) is 0 Å². The number of rotatable bonds is 1. The highest BCUT2D eigenvalue weighted by atomic mass is 35.5. The zero-order chi connectivity index (χ0) is 6.85. The Labute approximate surface area is 67.9 Å². The van der Waals surface area contributed by atoms with E-state index in [4.69, 9.17) is 10.8 Å². The minimum absolute atomic E-state index is 0. The van der Waals surface area contributed by atoms with Crippen LogP contribution in [-0.4, -0.2) is 11.1 Å². The predicted octanol–water partition coefficient (Wildman–Crippen LogP) is 1.45. The van der Waals surface area contributed by atoms with Crippen molar-refractivity contribution >= 4 is 34.7 Å². The first kappa shape index (κ1) is 9.26. The Bertz CT molecular complexity index is 235. The number of aromatic carboxylic acids is 1. The Hall–Kier alpha value is -0.740. The smallest absolute Gasteiger partial charge is 0.336 e. The van der Waals surface area contributed by atoms with Gasteiger partial charge in [-0.15, -0.1) is 23.7 Å². The summed E-state index contributed by atoms with van der Waals surface area (Å²) < 4.78 is 0. The van der Waals surface area contributed by atoms with Gasteiger partial charge in [-0.2, -0.15) is 0 Å². The molecule has 1 aromatic rings. The van der Waals surface area contributed by atoms with E-state index < -0.39 is 5.97 Å². The molecule has 0 aromatic carbocycles. The molecular formula is C5H6ClNO2S. The first-order valence-corrected chi connectivity index (χ1v) is 3.15. The fourth-order valence-corrected chi connectivity index (χ4v) is 1.09. The number of carboxylic acid groups (broad SMARTS) is 1. The molecular weight excluding hydrogens is 174 g/mol. The molecule has 56 valence electrons. The maximum absolute atomic E-state index is 10.2. The summed E-state index contributed by atoms with van der Waals surface area (Å²) in [5.41, 5.74) is 5.53. The molecule has 1 heterocycles. The van der Waals surface area contributed by atoms with Crippen LogP contribution in [0.25, 0.3) is 0 Å². The van der Waals surface area contributed by atoms with E-state index >= 15 is 0 Å². The molecule has 0 fully saturated rings. The van der Waals surface area contributed by atoms with Crippen molar-refractivity contribution < 1.29 is 9.90 Å². The molecule has 0 aliphatic carbocycles. The van der Waals surface area contributed by atoms with Crippen LogP contribution in [0.15, 0.2) is 11.4 Å². The Morgan fingerprint density at radius 1 is 1.70 bits per heavy atom. The fraction of sp³-hybridized carbons (Fsp3) is 0. The maximum Gasteiger partial charge on any atom is 0.336 e. The van der Waals surface area contributed by atoms with Gasteiger partial charge in [-0.05, 0) is 6.07 Å². The quantitative estimate of drug-likeness (QED) is 0.686. The summed E-state index contributed by atoms with van der Waals surface area (Å²) in [5, 5.41) is 10.4. The van der Waals surface area contributed by atoms with E-state index in [-0.39, 0.29) is 18.0 Å². The first-order chi connectivity index (χ1) is 4.20. The molecule has 0 spiro atoms. The fourth-order valence-electron chi connectivity index (χ4n) is 0.465. The van der Waals surface area contributed by atoms with E-state index in [0.717, 1.165) is 0 Å². The van der Waals surface area contributed by atoms with Gasteiger partial charge < -0.3 is 10.8 Å². The second kappa shape index (κ2) is 3.43. The predicted molar refractivity (Wildman–Crippen MR) is 42.9 cm³/mol. The second-order valence-electron chi connectivity index (χ2n) is 1.54. The van der Waals surface area contributed by atoms with Crippen molar-refractivity contribution in [1.82, 2.24) is 0 Å². The SMILES string of the molecule is Cl.Nc1cc(C(=O)O)cs1. The number of carbonyl (C=O) groups is 1. The van der Waals surface area contributed by atoms with E-state index in [2.05, 4.69) is 0 Å². The number of thiophene rings is 1. The van der Waals surface area contributed by atoms with Crippen molar-refractivity contribution in [3.8, 4) is 0 Å². The summed E-state index contributed by atoms with van der Waals surface area (Å²) in [6.07, 6.45) is 0. The summed E-state index contributed by atoms with van der Waals surface area (Å²) in [7, 11) is 0. The lowest BCUT2D eigenvalue weighted by Gasteiger charge is -1.80. The Morgan fingerprint density at radius 2 is 2.30 bits per heavy atom. The molecule has 0 aliphatic heterocycles.